The molecule has 0 bridgehead atoms. The monoisotopic (exact) mass is 223 g/mol. The second-order valence-electron chi connectivity index (χ2n) is 2.67. The molecule has 1 heterocycles. The van der Waals surface area contributed by atoms with Crippen molar-refractivity contribution in [1.82, 2.24) is 4.98 Å². The zero-order chi connectivity index (χ0) is 9.80. The first-order valence-corrected chi connectivity index (χ1v) is 5.86. The van der Waals surface area contributed by atoms with E-state index in [0.29, 0.717) is 0 Å². The van der Waals surface area contributed by atoms with Gasteiger partial charge < -0.3 is 5.11 Å². The van der Waals surface area contributed by atoms with Crippen molar-refractivity contribution in [2.24, 2.45) is 0 Å². The van der Waals surface area contributed by atoms with Crippen molar-refractivity contribution in [2.45, 2.75) is 15.8 Å². The predicted molar refractivity (Wildman–Crippen MR) is 58.6 cm³/mol. The highest BCUT2D eigenvalue weighted by atomic mass is 32.2. The maximum Gasteiger partial charge on any atom is 0.154 e. The van der Waals surface area contributed by atoms with Gasteiger partial charge in [0.25, 0.3) is 0 Å². The summed E-state index contributed by atoms with van der Waals surface area (Å²) in [6.07, 6.45) is 1.79. The molecule has 14 heavy (non-hydrogen) atoms. The average molecular weight is 223 g/mol. The predicted octanol–water partition coefficient (Wildman–Crippen LogP) is 2.79. The Morgan fingerprint density at radius 1 is 1.36 bits per heavy atom. The van der Waals surface area contributed by atoms with Crippen LogP contribution < -0.4 is 0 Å². The lowest BCUT2D eigenvalue weighted by Crippen LogP contribution is -1.85. The van der Waals surface area contributed by atoms with Crippen molar-refractivity contribution < 1.29 is 5.11 Å². The van der Waals surface area contributed by atoms with Crippen LogP contribution in [0.1, 0.15) is 5.56 Å². The van der Waals surface area contributed by atoms with Gasteiger partial charge in [0.15, 0.2) is 4.34 Å². The zero-order valence-corrected chi connectivity index (χ0v) is 9.02. The van der Waals surface area contributed by atoms with E-state index < -0.39 is 0 Å². The molecule has 0 radical (unpaired) electrons. The molecule has 0 aliphatic heterocycles. The lowest BCUT2D eigenvalue weighted by atomic mass is 10.2. The topological polar surface area (TPSA) is 33.1 Å². The number of aliphatic hydroxyl groups is 1. The van der Waals surface area contributed by atoms with Crippen molar-refractivity contribution in [2.75, 3.05) is 0 Å². The van der Waals surface area contributed by atoms with Gasteiger partial charge in [-0.1, -0.05) is 30.0 Å². The number of aromatic nitrogens is 1. The van der Waals surface area contributed by atoms with Gasteiger partial charge in [0.05, 0.1) is 6.61 Å². The van der Waals surface area contributed by atoms with Gasteiger partial charge in [-0.3, -0.25) is 0 Å². The summed E-state index contributed by atoms with van der Waals surface area (Å²) in [6.45, 7) is 0.0779. The quantitative estimate of drug-likeness (QED) is 0.868. The third-order valence-corrected chi connectivity index (χ3v) is 3.75. The Morgan fingerprint density at radius 2 is 2.21 bits per heavy atom. The largest absolute Gasteiger partial charge is 0.392 e. The Balaban J connectivity index is 2.24. The van der Waals surface area contributed by atoms with Crippen LogP contribution >= 0.6 is 23.1 Å². The highest BCUT2D eigenvalue weighted by Gasteiger charge is 2.03. The fourth-order valence-electron chi connectivity index (χ4n) is 1.09. The van der Waals surface area contributed by atoms with E-state index in [1.807, 2.05) is 29.6 Å². The highest BCUT2D eigenvalue weighted by molar-refractivity contribution is 8.01. The maximum absolute atomic E-state index is 9.12. The molecule has 2 nitrogen and oxygen atoms in total. The van der Waals surface area contributed by atoms with Gasteiger partial charge in [-0.2, -0.15) is 0 Å². The lowest BCUT2D eigenvalue weighted by molar-refractivity contribution is 0.279. The molecule has 72 valence electrons. The van der Waals surface area contributed by atoms with E-state index in [4.69, 9.17) is 5.11 Å². The van der Waals surface area contributed by atoms with Crippen LogP contribution in [0.4, 0.5) is 0 Å². The fourth-order valence-corrected chi connectivity index (χ4v) is 2.79. The molecule has 1 aromatic heterocycles. The molecule has 0 amide bonds. The van der Waals surface area contributed by atoms with Gasteiger partial charge in [-0.05, 0) is 11.6 Å². The van der Waals surface area contributed by atoms with Gasteiger partial charge in [-0.25, -0.2) is 4.98 Å². The van der Waals surface area contributed by atoms with Crippen LogP contribution in [0.25, 0.3) is 0 Å². The van der Waals surface area contributed by atoms with Crippen LogP contribution in [0, 0.1) is 0 Å². The molecular formula is C10H9NOS2. The van der Waals surface area contributed by atoms with Crippen LogP contribution in [0.15, 0.2) is 45.1 Å². The van der Waals surface area contributed by atoms with Gasteiger partial charge in [-0.15, -0.1) is 11.3 Å². The molecule has 0 unspecified atom stereocenters. The molecule has 0 saturated carbocycles. The van der Waals surface area contributed by atoms with Crippen molar-refractivity contribution in [3.05, 3.63) is 41.4 Å². The van der Waals surface area contributed by atoms with E-state index in [2.05, 4.69) is 4.98 Å². The third kappa shape index (κ3) is 2.15. The molecule has 0 aliphatic carbocycles. The number of hydrogen-bond donors (Lipinski definition) is 1. The van der Waals surface area contributed by atoms with Crippen molar-refractivity contribution in [3.8, 4) is 0 Å². The minimum absolute atomic E-state index is 0.0779. The number of thiazole rings is 1. The zero-order valence-electron chi connectivity index (χ0n) is 7.38. The fraction of sp³-hybridized carbons (Fsp3) is 0.100. The summed E-state index contributed by atoms with van der Waals surface area (Å²) < 4.78 is 1.01. The Hall–Kier alpha value is -0.840. The summed E-state index contributed by atoms with van der Waals surface area (Å²) in [6, 6.07) is 7.82. The molecule has 0 saturated heterocycles. The summed E-state index contributed by atoms with van der Waals surface area (Å²) in [7, 11) is 0. The first-order chi connectivity index (χ1) is 6.90. The van der Waals surface area contributed by atoms with Gasteiger partial charge in [0, 0.05) is 16.5 Å². The maximum atomic E-state index is 9.12. The van der Waals surface area contributed by atoms with Crippen molar-refractivity contribution in [1.29, 1.82) is 0 Å². The Labute approximate surface area is 90.6 Å². The van der Waals surface area contributed by atoms with Crippen molar-refractivity contribution in [3.63, 3.8) is 0 Å². The number of benzene rings is 1. The second kappa shape index (κ2) is 4.59. The minimum atomic E-state index is 0.0779. The van der Waals surface area contributed by atoms with Crippen LogP contribution in [0.5, 0.6) is 0 Å². The molecule has 2 rings (SSSR count). The Kier molecular flexibility index (Phi) is 3.18. The van der Waals surface area contributed by atoms with E-state index in [9.17, 15) is 0 Å². The number of hydrogen-bond acceptors (Lipinski definition) is 4. The molecular weight excluding hydrogens is 214 g/mol. The van der Waals surface area contributed by atoms with Crippen molar-refractivity contribution >= 4 is 23.1 Å². The molecule has 0 spiro atoms. The number of aliphatic hydroxyl groups excluding tert-OH is 1. The normalized spacial score (nSPS) is 10.4. The summed E-state index contributed by atoms with van der Waals surface area (Å²) in [5.74, 6) is 0. The average Bonchev–Trinajstić information content (AvgIpc) is 2.71. The van der Waals surface area contributed by atoms with E-state index in [-0.39, 0.29) is 6.61 Å². The standard InChI is InChI=1S/C10H9NOS2/c12-7-8-3-1-2-4-9(8)14-10-11-5-6-13-10/h1-6,12H,7H2. The van der Waals surface area contributed by atoms with E-state index in [1.54, 1.807) is 29.3 Å². The molecule has 1 N–H and O–H groups in total. The second-order valence-corrected chi connectivity index (χ2v) is 4.85. The number of nitrogens with zero attached hydrogens (tertiary/aromatic N) is 1. The molecule has 1 aromatic carbocycles. The SMILES string of the molecule is OCc1ccccc1Sc1nccs1. The Morgan fingerprint density at radius 3 is 2.93 bits per heavy atom. The summed E-state index contributed by atoms with van der Waals surface area (Å²) >= 11 is 3.20. The highest BCUT2D eigenvalue weighted by Crippen LogP contribution is 2.31. The molecule has 2 aromatic rings. The van der Waals surface area contributed by atoms with E-state index in [0.717, 1.165) is 14.8 Å². The molecule has 0 atom stereocenters. The first-order valence-electron chi connectivity index (χ1n) is 4.16. The third-order valence-electron chi connectivity index (χ3n) is 1.75. The summed E-state index contributed by atoms with van der Waals surface area (Å²) in [5, 5.41) is 11.1. The van der Waals surface area contributed by atoms with E-state index in [1.165, 1.54) is 0 Å². The van der Waals surface area contributed by atoms with Gasteiger partial charge in [0.2, 0.25) is 0 Å². The molecule has 0 fully saturated rings. The lowest BCUT2D eigenvalue weighted by Gasteiger charge is -2.03. The Bertz CT molecular complexity index is 400. The van der Waals surface area contributed by atoms with Crippen LogP contribution in [-0.2, 0) is 6.61 Å². The van der Waals surface area contributed by atoms with Crippen LogP contribution in [0.2, 0.25) is 0 Å². The summed E-state index contributed by atoms with van der Waals surface area (Å²) in [4.78, 5) is 5.26. The molecule has 0 aliphatic rings. The molecule has 4 heteroatoms. The number of rotatable bonds is 3. The summed E-state index contributed by atoms with van der Waals surface area (Å²) in [5.41, 5.74) is 0.952. The van der Waals surface area contributed by atoms with E-state index >= 15 is 0 Å². The first kappa shape index (κ1) is 9.71. The van der Waals surface area contributed by atoms with Gasteiger partial charge >= 0.3 is 0 Å². The van der Waals surface area contributed by atoms with Gasteiger partial charge in [0.1, 0.15) is 0 Å². The smallest absolute Gasteiger partial charge is 0.154 e. The van der Waals surface area contributed by atoms with Crippen LogP contribution in [0.3, 0.4) is 0 Å². The van der Waals surface area contributed by atoms with Crippen LogP contribution in [-0.4, -0.2) is 10.1 Å². The minimum Gasteiger partial charge on any atom is -0.392 e.